The van der Waals surface area contributed by atoms with Crippen molar-refractivity contribution in [3.05, 3.63) is 28.8 Å². The fraction of sp³-hybridized carbons (Fsp3) is 0.588. The molecule has 1 aliphatic heterocycles. The average molecular weight is 328 g/mol. The van der Waals surface area contributed by atoms with Crippen LogP contribution in [0.3, 0.4) is 0 Å². The van der Waals surface area contributed by atoms with Crippen molar-refractivity contribution in [2.75, 3.05) is 25.0 Å². The zero-order valence-corrected chi connectivity index (χ0v) is 13.8. The summed E-state index contributed by atoms with van der Waals surface area (Å²) in [5.41, 5.74) is 3.92. The van der Waals surface area contributed by atoms with Gasteiger partial charge in [0.05, 0.1) is 6.54 Å². The minimum Gasteiger partial charge on any atom is -0.324 e. The van der Waals surface area contributed by atoms with Crippen LogP contribution in [0.25, 0.3) is 0 Å². The Hall–Kier alpha value is -1.56. The predicted octanol–water partition coefficient (Wildman–Crippen LogP) is 3.82. The number of carbonyl (C=O) groups is 1. The van der Waals surface area contributed by atoms with Crippen LogP contribution in [-0.4, -0.2) is 36.6 Å². The van der Waals surface area contributed by atoms with E-state index < -0.39 is 18.5 Å². The second-order valence-electron chi connectivity index (χ2n) is 6.53. The first-order chi connectivity index (χ1) is 10.6. The number of anilines is 1. The molecular formula is C17H23F3N2O. The molecule has 0 saturated carbocycles. The first kappa shape index (κ1) is 17.8. The Morgan fingerprint density at radius 3 is 2.43 bits per heavy atom. The fourth-order valence-corrected chi connectivity index (χ4v) is 3.31. The monoisotopic (exact) mass is 328 g/mol. The molecule has 1 aromatic rings. The van der Waals surface area contributed by atoms with E-state index in [-0.39, 0.29) is 12.5 Å². The van der Waals surface area contributed by atoms with Crippen molar-refractivity contribution in [3.63, 3.8) is 0 Å². The number of amides is 1. The van der Waals surface area contributed by atoms with Gasteiger partial charge in [-0.05, 0) is 50.8 Å². The van der Waals surface area contributed by atoms with Gasteiger partial charge in [0.15, 0.2) is 0 Å². The first-order valence-electron chi connectivity index (χ1n) is 7.81. The minimum atomic E-state index is -4.13. The maximum atomic E-state index is 12.4. The number of halogens is 3. The normalized spacial score (nSPS) is 19.1. The standard InChI is InChI=1S/C17H23F3N2O/c1-11-6-12(2)16(13(3)7-11)21-15(23)10-22-5-4-14(9-22)8-17(18,19)20/h6-7,14H,4-5,8-10H2,1-3H3,(H,21,23). The van der Waals surface area contributed by atoms with Crippen molar-refractivity contribution in [2.45, 2.75) is 39.8 Å². The molecule has 0 bridgehead atoms. The quantitative estimate of drug-likeness (QED) is 0.911. The largest absolute Gasteiger partial charge is 0.389 e. The highest BCUT2D eigenvalue weighted by molar-refractivity contribution is 5.93. The average Bonchev–Trinajstić information content (AvgIpc) is 2.78. The summed E-state index contributed by atoms with van der Waals surface area (Å²) in [4.78, 5) is 14.0. The van der Waals surface area contributed by atoms with Crippen molar-refractivity contribution in [3.8, 4) is 0 Å². The van der Waals surface area contributed by atoms with E-state index in [0.717, 1.165) is 22.4 Å². The number of carbonyl (C=O) groups excluding carboxylic acids is 1. The van der Waals surface area contributed by atoms with Crippen LogP contribution in [0, 0.1) is 26.7 Å². The zero-order chi connectivity index (χ0) is 17.2. The topological polar surface area (TPSA) is 32.3 Å². The van der Waals surface area contributed by atoms with Crippen LogP contribution in [-0.2, 0) is 4.79 Å². The molecule has 0 spiro atoms. The summed E-state index contributed by atoms with van der Waals surface area (Å²) in [6, 6.07) is 4.00. The van der Waals surface area contributed by atoms with Gasteiger partial charge < -0.3 is 5.32 Å². The van der Waals surface area contributed by atoms with Crippen LogP contribution >= 0.6 is 0 Å². The van der Waals surface area contributed by atoms with Crippen molar-refractivity contribution in [1.29, 1.82) is 0 Å². The van der Waals surface area contributed by atoms with Crippen molar-refractivity contribution in [1.82, 2.24) is 4.90 Å². The molecule has 128 valence electrons. The fourth-order valence-electron chi connectivity index (χ4n) is 3.31. The Morgan fingerprint density at radius 2 is 1.87 bits per heavy atom. The lowest BCUT2D eigenvalue weighted by molar-refractivity contribution is -0.143. The molecule has 1 heterocycles. The predicted molar refractivity (Wildman–Crippen MR) is 84.5 cm³/mol. The van der Waals surface area contributed by atoms with Crippen molar-refractivity contribution >= 4 is 11.6 Å². The summed E-state index contributed by atoms with van der Waals surface area (Å²) in [5.74, 6) is -0.571. The maximum Gasteiger partial charge on any atom is 0.389 e. The van der Waals surface area contributed by atoms with E-state index in [2.05, 4.69) is 5.32 Å². The first-order valence-corrected chi connectivity index (χ1v) is 7.81. The molecule has 1 unspecified atom stereocenters. The van der Waals surface area contributed by atoms with Gasteiger partial charge in [0.25, 0.3) is 0 Å². The van der Waals surface area contributed by atoms with Crippen LogP contribution in [0.4, 0.5) is 18.9 Å². The zero-order valence-electron chi connectivity index (χ0n) is 13.8. The highest BCUT2D eigenvalue weighted by Crippen LogP contribution is 2.30. The summed E-state index contributed by atoms with van der Waals surface area (Å²) in [6.07, 6.45) is -4.39. The number of hydrogen-bond acceptors (Lipinski definition) is 2. The second kappa shape index (κ2) is 6.91. The van der Waals surface area contributed by atoms with E-state index in [9.17, 15) is 18.0 Å². The van der Waals surface area contributed by atoms with Crippen LogP contribution in [0.15, 0.2) is 12.1 Å². The third-order valence-electron chi connectivity index (χ3n) is 4.20. The van der Waals surface area contributed by atoms with Gasteiger partial charge in [0.2, 0.25) is 5.91 Å². The molecule has 1 saturated heterocycles. The van der Waals surface area contributed by atoms with Crippen molar-refractivity contribution < 1.29 is 18.0 Å². The van der Waals surface area contributed by atoms with Gasteiger partial charge in [-0.2, -0.15) is 13.2 Å². The Kier molecular flexibility index (Phi) is 5.34. The molecule has 23 heavy (non-hydrogen) atoms. The number of hydrogen-bond donors (Lipinski definition) is 1. The van der Waals surface area contributed by atoms with E-state index in [1.165, 1.54) is 0 Å². The van der Waals surface area contributed by atoms with Crippen LogP contribution in [0.2, 0.25) is 0 Å². The lowest BCUT2D eigenvalue weighted by Crippen LogP contribution is -2.32. The van der Waals surface area contributed by atoms with Crippen LogP contribution in [0.5, 0.6) is 0 Å². The van der Waals surface area contributed by atoms with Crippen LogP contribution < -0.4 is 5.32 Å². The molecule has 1 aromatic carbocycles. The number of nitrogens with one attached hydrogen (secondary N) is 1. The molecule has 0 radical (unpaired) electrons. The van der Waals surface area contributed by atoms with E-state index in [4.69, 9.17) is 0 Å². The number of likely N-dealkylation sites (tertiary alicyclic amines) is 1. The number of nitrogens with zero attached hydrogens (tertiary/aromatic N) is 1. The highest BCUT2D eigenvalue weighted by Gasteiger charge is 2.35. The Labute approximate surface area is 134 Å². The molecular weight excluding hydrogens is 305 g/mol. The molecule has 1 atom stereocenters. The molecule has 2 rings (SSSR count). The van der Waals surface area contributed by atoms with E-state index in [1.807, 2.05) is 32.9 Å². The van der Waals surface area contributed by atoms with Gasteiger partial charge in [-0.3, -0.25) is 9.69 Å². The van der Waals surface area contributed by atoms with Gasteiger partial charge in [-0.1, -0.05) is 17.7 Å². The number of rotatable bonds is 4. The van der Waals surface area contributed by atoms with Gasteiger partial charge in [-0.15, -0.1) is 0 Å². The molecule has 1 aliphatic rings. The second-order valence-corrected chi connectivity index (χ2v) is 6.53. The van der Waals surface area contributed by atoms with Gasteiger partial charge in [0, 0.05) is 18.7 Å². The summed E-state index contributed by atoms with van der Waals surface area (Å²) in [5, 5.41) is 2.89. The van der Waals surface area contributed by atoms with Gasteiger partial charge >= 0.3 is 6.18 Å². The van der Waals surface area contributed by atoms with E-state index in [1.54, 1.807) is 4.90 Å². The number of alkyl halides is 3. The molecule has 1 N–H and O–H groups in total. The number of aryl methyl sites for hydroxylation is 3. The SMILES string of the molecule is Cc1cc(C)c(NC(=O)CN2CCC(CC(F)(F)F)C2)c(C)c1. The van der Waals surface area contributed by atoms with Crippen LogP contribution in [0.1, 0.15) is 29.5 Å². The van der Waals surface area contributed by atoms with Crippen molar-refractivity contribution in [2.24, 2.45) is 5.92 Å². The molecule has 0 aliphatic carbocycles. The summed E-state index contributed by atoms with van der Waals surface area (Å²) < 4.78 is 37.2. The number of benzene rings is 1. The molecule has 3 nitrogen and oxygen atoms in total. The molecule has 1 amide bonds. The molecule has 0 aromatic heterocycles. The third kappa shape index (κ3) is 5.23. The Morgan fingerprint density at radius 1 is 1.26 bits per heavy atom. The Bertz CT molecular complexity index is 561. The molecule has 6 heteroatoms. The maximum absolute atomic E-state index is 12.4. The summed E-state index contributed by atoms with van der Waals surface area (Å²) >= 11 is 0. The summed E-state index contributed by atoms with van der Waals surface area (Å²) in [7, 11) is 0. The van der Waals surface area contributed by atoms with Gasteiger partial charge in [0.1, 0.15) is 0 Å². The Balaban J connectivity index is 1.89. The molecule has 1 fully saturated rings. The minimum absolute atomic E-state index is 0.140. The third-order valence-corrected chi connectivity index (χ3v) is 4.20. The van der Waals surface area contributed by atoms with Gasteiger partial charge in [-0.25, -0.2) is 0 Å². The summed E-state index contributed by atoms with van der Waals surface area (Å²) in [6.45, 7) is 6.88. The lowest BCUT2D eigenvalue weighted by atomic mass is 10.0. The highest BCUT2D eigenvalue weighted by atomic mass is 19.4. The van der Waals surface area contributed by atoms with E-state index in [0.29, 0.717) is 19.5 Å². The lowest BCUT2D eigenvalue weighted by Gasteiger charge is -2.18. The smallest absolute Gasteiger partial charge is 0.324 e. The van der Waals surface area contributed by atoms with E-state index >= 15 is 0 Å².